The number of nitrogens with zero attached hydrogens (tertiary/aromatic N) is 4. The molecule has 0 aliphatic carbocycles. The average molecular weight is 590 g/mol. The Morgan fingerprint density at radius 1 is 1.05 bits per heavy atom. The predicted octanol–water partition coefficient (Wildman–Crippen LogP) is 6.74. The van der Waals surface area contributed by atoms with Crippen molar-refractivity contribution in [2.75, 3.05) is 31.6 Å². The first-order chi connectivity index (χ1) is 19.5. The summed E-state index contributed by atoms with van der Waals surface area (Å²) in [6, 6.07) is 13.7. The van der Waals surface area contributed by atoms with E-state index in [0.29, 0.717) is 59.4 Å². The lowest BCUT2D eigenvalue weighted by molar-refractivity contribution is -0.137. The zero-order chi connectivity index (χ0) is 29.2. The SMILES string of the molecule is CC(C)OCc1nc(Nc2ccc(S(O)(O)N3CCOCC3)cc2)c2ccc(-c3ncccc3C(F)(F)F)cc2n1. The molecule has 1 saturated heterocycles. The van der Waals surface area contributed by atoms with E-state index >= 15 is 0 Å². The van der Waals surface area contributed by atoms with E-state index in [4.69, 9.17) is 9.47 Å². The second-order valence-corrected chi connectivity index (χ2v) is 11.7. The number of alkyl halides is 3. The fourth-order valence-corrected chi connectivity index (χ4v) is 5.86. The van der Waals surface area contributed by atoms with E-state index in [9.17, 15) is 22.3 Å². The average Bonchev–Trinajstić information content (AvgIpc) is 2.96. The molecule has 218 valence electrons. The first-order valence-corrected chi connectivity index (χ1v) is 14.5. The highest BCUT2D eigenvalue weighted by atomic mass is 32.3. The Kier molecular flexibility index (Phi) is 8.45. The minimum atomic E-state index is -4.57. The smallest absolute Gasteiger partial charge is 0.379 e. The van der Waals surface area contributed by atoms with Crippen molar-refractivity contribution in [2.45, 2.75) is 37.6 Å². The van der Waals surface area contributed by atoms with E-state index in [-0.39, 0.29) is 24.0 Å². The molecular weight excluding hydrogens is 559 g/mol. The number of anilines is 2. The fourth-order valence-electron chi connectivity index (χ4n) is 4.40. The van der Waals surface area contributed by atoms with Crippen LogP contribution in [0.25, 0.3) is 22.2 Å². The van der Waals surface area contributed by atoms with Crippen LogP contribution in [0.3, 0.4) is 0 Å². The highest BCUT2D eigenvalue weighted by Gasteiger charge is 2.34. The van der Waals surface area contributed by atoms with Crippen molar-refractivity contribution in [1.29, 1.82) is 0 Å². The highest BCUT2D eigenvalue weighted by Crippen LogP contribution is 2.51. The first-order valence-electron chi connectivity index (χ1n) is 13.0. The molecule has 0 unspecified atom stereocenters. The van der Waals surface area contributed by atoms with Gasteiger partial charge in [0.2, 0.25) is 0 Å². The van der Waals surface area contributed by atoms with E-state index < -0.39 is 22.5 Å². The summed E-state index contributed by atoms with van der Waals surface area (Å²) in [7, 11) is -3.16. The molecule has 4 aromatic rings. The van der Waals surface area contributed by atoms with Crippen LogP contribution in [0.5, 0.6) is 0 Å². The largest absolute Gasteiger partial charge is 0.418 e. The van der Waals surface area contributed by atoms with Crippen molar-refractivity contribution in [3.05, 3.63) is 72.2 Å². The Labute approximate surface area is 236 Å². The lowest BCUT2D eigenvalue weighted by Crippen LogP contribution is -2.38. The van der Waals surface area contributed by atoms with Crippen molar-refractivity contribution >= 4 is 33.2 Å². The van der Waals surface area contributed by atoms with Gasteiger partial charge in [-0.05, 0) is 62.4 Å². The molecule has 3 heterocycles. The number of nitrogens with one attached hydrogen (secondary N) is 1. The summed E-state index contributed by atoms with van der Waals surface area (Å²) in [5.41, 5.74) is 0.278. The lowest BCUT2D eigenvalue weighted by Gasteiger charge is -2.44. The van der Waals surface area contributed by atoms with Gasteiger partial charge < -0.3 is 14.8 Å². The predicted molar refractivity (Wildman–Crippen MR) is 151 cm³/mol. The molecule has 0 bridgehead atoms. The number of hydrogen-bond acceptors (Lipinski definition) is 9. The second-order valence-electron chi connectivity index (χ2n) is 9.69. The molecule has 5 rings (SSSR count). The monoisotopic (exact) mass is 589 g/mol. The van der Waals surface area contributed by atoms with Crippen LogP contribution in [-0.2, 0) is 22.3 Å². The van der Waals surface area contributed by atoms with Gasteiger partial charge in [-0.3, -0.25) is 14.1 Å². The van der Waals surface area contributed by atoms with Crippen LogP contribution in [0.1, 0.15) is 25.2 Å². The summed E-state index contributed by atoms with van der Waals surface area (Å²) >= 11 is 0. The number of halogens is 3. The number of ether oxygens (including phenoxy) is 2. The van der Waals surface area contributed by atoms with E-state index in [2.05, 4.69) is 20.3 Å². The molecule has 2 aromatic carbocycles. The van der Waals surface area contributed by atoms with Gasteiger partial charge >= 0.3 is 6.18 Å². The van der Waals surface area contributed by atoms with E-state index in [1.807, 2.05) is 13.8 Å². The van der Waals surface area contributed by atoms with E-state index in [1.165, 1.54) is 12.3 Å². The summed E-state index contributed by atoms with van der Waals surface area (Å²) in [5.74, 6) is 0.773. The summed E-state index contributed by atoms with van der Waals surface area (Å²) in [6.45, 7) is 5.55. The van der Waals surface area contributed by atoms with Gasteiger partial charge in [-0.15, -0.1) is 10.8 Å². The third-order valence-electron chi connectivity index (χ3n) is 6.44. The molecular formula is C28H30F3N5O4S. The number of benzene rings is 2. The molecule has 0 spiro atoms. The number of hydrogen-bond donors (Lipinski definition) is 3. The van der Waals surface area contributed by atoms with Crippen LogP contribution in [0, 0.1) is 0 Å². The molecule has 1 fully saturated rings. The summed E-state index contributed by atoms with van der Waals surface area (Å²) < 4.78 is 75.3. The van der Waals surface area contributed by atoms with Crippen molar-refractivity contribution in [3.63, 3.8) is 0 Å². The van der Waals surface area contributed by atoms with Gasteiger partial charge in [0.25, 0.3) is 0 Å². The quantitative estimate of drug-likeness (QED) is 0.206. The molecule has 1 aliphatic rings. The maximum Gasteiger partial charge on any atom is 0.418 e. The molecule has 1 aliphatic heterocycles. The molecule has 13 heteroatoms. The van der Waals surface area contributed by atoms with Crippen molar-refractivity contribution in [2.24, 2.45) is 0 Å². The molecule has 0 amide bonds. The maximum atomic E-state index is 13.7. The van der Waals surface area contributed by atoms with Gasteiger partial charge in [0.05, 0.1) is 41.0 Å². The van der Waals surface area contributed by atoms with Crippen LogP contribution in [0.15, 0.2) is 65.7 Å². The third kappa shape index (κ3) is 6.61. The molecule has 0 saturated carbocycles. The van der Waals surface area contributed by atoms with Crippen molar-refractivity contribution < 1.29 is 31.8 Å². The summed E-state index contributed by atoms with van der Waals surface area (Å²) in [5, 5.41) is 3.82. The highest BCUT2D eigenvalue weighted by molar-refractivity contribution is 8.22. The normalized spacial score (nSPS) is 15.4. The van der Waals surface area contributed by atoms with Gasteiger partial charge in [0, 0.05) is 35.9 Å². The molecule has 2 aromatic heterocycles. The van der Waals surface area contributed by atoms with Crippen LogP contribution in [0.2, 0.25) is 0 Å². The van der Waals surface area contributed by atoms with Crippen LogP contribution >= 0.6 is 10.8 Å². The minimum Gasteiger partial charge on any atom is -0.379 e. The van der Waals surface area contributed by atoms with Crippen LogP contribution in [0.4, 0.5) is 24.7 Å². The Hall–Kier alpha value is -3.33. The van der Waals surface area contributed by atoms with Gasteiger partial charge in [-0.2, -0.15) is 17.5 Å². The van der Waals surface area contributed by atoms with Crippen molar-refractivity contribution in [1.82, 2.24) is 19.3 Å². The lowest BCUT2D eigenvalue weighted by atomic mass is 10.0. The molecule has 3 N–H and O–H groups in total. The maximum absolute atomic E-state index is 13.7. The topological polar surface area (TPSA) is 113 Å². The molecule has 0 atom stereocenters. The number of aromatic nitrogens is 3. The van der Waals surface area contributed by atoms with E-state index in [1.54, 1.807) is 46.8 Å². The number of morpholine rings is 1. The summed E-state index contributed by atoms with van der Waals surface area (Å²) in [4.78, 5) is 13.6. The Balaban J connectivity index is 1.49. The van der Waals surface area contributed by atoms with Crippen molar-refractivity contribution in [3.8, 4) is 11.3 Å². The van der Waals surface area contributed by atoms with E-state index in [0.717, 1.165) is 6.07 Å². The number of fused-ring (bicyclic) bond motifs is 1. The fraction of sp³-hybridized carbons (Fsp3) is 0.321. The van der Waals surface area contributed by atoms with Crippen LogP contribution < -0.4 is 5.32 Å². The minimum absolute atomic E-state index is 0.0846. The first kappa shape index (κ1) is 29.2. The molecule has 0 radical (unpaired) electrons. The number of pyridine rings is 1. The molecule has 41 heavy (non-hydrogen) atoms. The molecule has 9 nitrogen and oxygen atoms in total. The van der Waals surface area contributed by atoms with Gasteiger partial charge in [-0.25, -0.2) is 9.97 Å². The number of rotatable bonds is 8. The Bertz CT molecular complexity index is 1510. The van der Waals surface area contributed by atoms with Gasteiger partial charge in [0.1, 0.15) is 12.4 Å². The Morgan fingerprint density at radius 3 is 2.46 bits per heavy atom. The van der Waals surface area contributed by atoms with Gasteiger partial charge in [0.15, 0.2) is 5.82 Å². The second kappa shape index (κ2) is 11.9. The third-order valence-corrected chi connectivity index (χ3v) is 8.43. The van der Waals surface area contributed by atoms with Crippen LogP contribution in [-0.4, -0.2) is 60.8 Å². The van der Waals surface area contributed by atoms with Gasteiger partial charge in [-0.1, -0.05) is 6.07 Å². The summed E-state index contributed by atoms with van der Waals surface area (Å²) in [6.07, 6.45) is -3.33. The zero-order valence-electron chi connectivity index (χ0n) is 22.4. The zero-order valence-corrected chi connectivity index (χ0v) is 23.2. The Morgan fingerprint density at radius 2 is 1.78 bits per heavy atom. The standard InChI is InChI=1S/C28H30F3N5O4S/c1-18(2)40-17-25-34-24-16-19(26-23(28(29,30)31)4-3-11-32-26)5-10-22(24)27(35-25)33-20-6-8-21(9-7-20)41(37,38)36-12-14-39-15-13-36/h3-11,16,18,37-38H,12-15,17H2,1-2H3,(H,33,34,35).